The van der Waals surface area contributed by atoms with Crippen LogP contribution in [0, 0.1) is 0 Å². The fourth-order valence-corrected chi connectivity index (χ4v) is 4.14. The van der Waals surface area contributed by atoms with Crippen LogP contribution < -0.4 is 10.6 Å². The van der Waals surface area contributed by atoms with Gasteiger partial charge < -0.3 is 10.6 Å². The lowest BCUT2D eigenvalue weighted by Crippen LogP contribution is -2.37. The predicted molar refractivity (Wildman–Crippen MR) is 87.9 cm³/mol. The number of hydrogen-bond acceptors (Lipinski definition) is 4. The smallest absolute Gasteiger partial charge is 0.251 e. The highest BCUT2D eigenvalue weighted by Crippen LogP contribution is 2.21. The summed E-state index contributed by atoms with van der Waals surface area (Å²) in [7, 11) is -3.48. The lowest BCUT2D eigenvalue weighted by Gasteiger charge is -2.15. The summed E-state index contributed by atoms with van der Waals surface area (Å²) in [6.07, 6.45) is 3.74. The summed E-state index contributed by atoms with van der Waals surface area (Å²) in [5.74, 6) is -0.606. The highest BCUT2D eigenvalue weighted by atomic mass is 32.2. The van der Waals surface area contributed by atoms with Crippen LogP contribution in [-0.2, 0) is 14.8 Å². The van der Waals surface area contributed by atoms with Crippen LogP contribution in [0.25, 0.3) is 0 Å². The Balaban J connectivity index is 1.58. The number of carbonyl (C=O) groups excluding carboxylic acids is 2. The van der Waals surface area contributed by atoms with Gasteiger partial charge in [-0.05, 0) is 49.9 Å². The van der Waals surface area contributed by atoms with Crippen molar-refractivity contribution in [3.8, 4) is 0 Å². The Morgan fingerprint density at radius 3 is 2.29 bits per heavy atom. The number of sulfonamides is 1. The predicted octanol–water partition coefficient (Wildman–Crippen LogP) is 0.480. The molecule has 2 fully saturated rings. The van der Waals surface area contributed by atoms with E-state index in [-0.39, 0.29) is 23.4 Å². The first kappa shape index (κ1) is 16.9. The largest absolute Gasteiger partial charge is 0.352 e. The second-order valence-electron chi connectivity index (χ2n) is 6.16. The molecule has 24 heavy (non-hydrogen) atoms. The van der Waals surface area contributed by atoms with Crippen molar-refractivity contribution in [3.05, 3.63) is 29.8 Å². The molecule has 130 valence electrons. The Bertz CT molecular complexity index is 720. The van der Waals surface area contributed by atoms with Gasteiger partial charge in [-0.3, -0.25) is 9.59 Å². The summed E-state index contributed by atoms with van der Waals surface area (Å²) in [6, 6.07) is 6.07. The van der Waals surface area contributed by atoms with Gasteiger partial charge in [0.15, 0.2) is 0 Å². The highest BCUT2D eigenvalue weighted by Gasteiger charge is 2.27. The maximum atomic E-state index is 12.4. The third kappa shape index (κ3) is 3.93. The van der Waals surface area contributed by atoms with E-state index in [1.54, 1.807) is 0 Å². The van der Waals surface area contributed by atoms with E-state index >= 15 is 0 Å². The lowest BCUT2D eigenvalue weighted by atomic mass is 10.2. The summed E-state index contributed by atoms with van der Waals surface area (Å²) >= 11 is 0. The van der Waals surface area contributed by atoms with Gasteiger partial charge in [0, 0.05) is 24.7 Å². The van der Waals surface area contributed by atoms with E-state index in [2.05, 4.69) is 10.6 Å². The zero-order chi connectivity index (χ0) is 17.2. The van der Waals surface area contributed by atoms with Gasteiger partial charge in [0.05, 0.1) is 11.4 Å². The topological polar surface area (TPSA) is 95.6 Å². The quantitative estimate of drug-likeness (QED) is 0.779. The molecule has 2 N–H and O–H groups in total. The van der Waals surface area contributed by atoms with Crippen molar-refractivity contribution in [1.29, 1.82) is 0 Å². The molecular formula is C16H21N3O4S. The number of carbonyl (C=O) groups is 2. The molecule has 0 unspecified atom stereocenters. The summed E-state index contributed by atoms with van der Waals surface area (Å²) in [5.41, 5.74) is 0.328. The molecule has 0 radical (unpaired) electrons. The summed E-state index contributed by atoms with van der Waals surface area (Å²) in [6.45, 7) is 1.00. The zero-order valence-electron chi connectivity index (χ0n) is 13.3. The Labute approximate surface area is 141 Å². The van der Waals surface area contributed by atoms with Crippen LogP contribution in [-0.4, -0.2) is 50.2 Å². The number of rotatable bonds is 6. The monoisotopic (exact) mass is 351 g/mol. The maximum Gasteiger partial charge on any atom is 0.251 e. The summed E-state index contributed by atoms with van der Waals surface area (Å²) < 4.78 is 26.3. The van der Waals surface area contributed by atoms with Crippen molar-refractivity contribution in [2.24, 2.45) is 0 Å². The molecule has 1 aromatic rings. The van der Waals surface area contributed by atoms with Crippen molar-refractivity contribution in [2.75, 3.05) is 19.6 Å². The molecule has 1 saturated heterocycles. The van der Waals surface area contributed by atoms with E-state index in [1.165, 1.54) is 28.6 Å². The van der Waals surface area contributed by atoms with Gasteiger partial charge in [0.25, 0.3) is 5.91 Å². The van der Waals surface area contributed by atoms with E-state index in [9.17, 15) is 18.0 Å². The molecule has 8 heteroatoms. The lowest BCUT2D eigenvalue weighted by molar-refractivity contribution is -0.120. The average Bonchev–Trinajstić information content (AvgIpc) is 3.20. The number of benzene rings is 1. The standard InChI is InChI=1S/C16H21N3O4S/c20-15(18-13-5-6-13)11-17-16(21)12-3-7-14(8-4-12)24(22,23)19-9-1-2-10-19/h3-4,7-8,13H,1-2,5-6,9-11H2,(H,17,21)(H,18,20). The second-order valence-corrected chi connectivity index (χ2v) is 8.10. The van der Waals surface area contributed by atoms with Crippen molar-refractivity contribution in [2.45, 2.75) is 36.6 Å². The molecule has 0 spiro atoms. The Hall–Kier alpha value is -1.93. The Morgan fingerprint density at radius 1 is 1.08 bits per heavy atom. The third-order valence-electron chi connectivity index (χ3n) is 4.17. The molecular weight excluding hydrogens is 330 g/mol. The van der Waals surface area contributed by atoms with Crippen molar-refractivity contribution >= 4 is 21.8 Å². The fourth-order valence-electron chi connectivity index (χ4n) is 2.62. The van der Waals surface area contributed by atoms with Crippen LogP contribution in [0.2, 0.25) is 0 Å². The van der Waals surface area contributed by atoms with Gasteiger partial charge in [-0.25, -0.2) is 8.42 Å². The number of nitrogens with zero attached hydrogens (tertiary/aromatic N) is 1. The van der Waals surface area contributed by atoms with E-state index in [0.717, 1.165) is 25.7 Å². The van der Waals surface area contributed by atoms with Crippen LogP contribution in [0.1, 0.15) is 36.0 Å². The first-order valence-electron chi connectivity index (χ1n) is 8.14. The fraction of sp³-hybridized carbons (Fsp3) is 0.500. The van der Waals surface area contributed by atoms with Gasteiger partial charge in [-0.1, -0.05) is 0 Å². The molecule has 0 aromatic heterocycles. The van der Waals surface area contributed by atoms with Crippen LogP contribution in [0.5, 0.6) is 0 Å². The second kappa shape index (κ2) is 6.90. The van der Waals surface area contributed by atoms with Crippen LogP contribution in [0.3, 0.4) is 0 Å². The molecule has 3 rings (SSSR count). The molecule has 1 aromatic carbocycles. The number of hydrogen-bond donors (Lipinski definition) is 2. The molecule has 1 saturated carbocycles. The van der Waals surface area contributed by atoms with E-state index < -0.39 is 15.9 Å². The third-order valence-corrected chi connectivity index (χ3v) is 6.08. The SMILES string of the molecule is O=C(CNC(=O)c1ccc(S(=O)(=O)N2CCCC2)cc1)NC1CC1. The van der Waals surface area contributed by atoms with Crippen molar-refractivity contribution in [1.82, 2.24) is 14.9 Å². The molecule has 1 aliphatic heterocycles. The Kier molecular flexibility index (Phi) is 4.86. The molecule has 7 nitrogen and oxygen atoms in total. The minimum Gasteiger partial charge on any atom is -0.352 e. The van der Waals surface area contributed by atoms with Crippen molar-refractivity contribution in [3.63, 3.8) is 0 Å². The van der Waals surface area contributed by atoms with Crippen LogP contribution in [0.15, 0.2) is 29.2 Å². The number of amides is 2. The molecule has 2 amide bonds. The average molecular weight is 351 g/mol. The van der Waals surface area contributed by atoms with E-state index in [4.69, 9.17) is 0 Å². The maximum absolute atomic E-state index is 12.4. The van der Waals surface area contributed by atoms with Crippen LogP contribution in [0.4, 0.5) is 0 Å². The molecule has 0 bridgehead atoms. The highest BCUT2D eigenvalue weighted by molar-refractivity contribution is 7.89. The zero-order valence-corrected chi connectivity index (χ0v) is 14.1. The summed E-state index contributed by atoms with van der Waals surface area (Å²) in [5, 5.41) is 5.32. The molecule has 2 aliphatic rings. The normalized spacial score (nSPS) is 18.3. The molecule has 1 heterocycles. The number of nitrogens with one attached hydrogen (secondary N) is 2. The van der Waals surface area contributed by atoms with Gasteiger partial charge in [0.1, 0.15) is 0 Å². The molecule has 0 atom stereocenters. The van der Waals surface area contributed by atoms with Gasteiger partial charge in [0.2, 0.25) is 15.9 Å². The van der Waals surface area contributed by atoms with Crippen LogP contribution >= 0.6 is 0 Å². The first-order chi connectivity index (χ1) is 11.5. The molecule has 1 aliphatic carbocycles. The van der Waals surface area contributed by atoms with Gasteiger partial charge >= 0.3 is 0 Å². The Morgan fingerprint density at radius 2 is 1.71 bits per heavy atom. The first-order valence-corrected chi connectivity index (χ1v) is 9.58. The van der Waals surface area contributed by atoms with E-state index in [0.29, 0.717) is 18.7 Å². The van der Waals surface area contributed by atoms with Crippen molar-refractivity contribution < 1.29 is 18.0 Å². The summed E-state index contributed by atoms with van der Waals surface area (Å²) in [4.78, 5) is 23.8. The van der Waals surface area contributed by atoms with E-state index in [1.807, 2.05) is 0 Å². The minimum atomic E-state index is -3.48. The van der Waals surface area contributed by atoms with Gasteiger partial charge in [-0.2, -0.15) is 4.31 Å². The minimum absolute atomic E-state index is 0.0802. The van der Waals surface area contributed by atoms with Gasteiger partial charge in [-0.15, -0.1) is 0 Å².